The Bertz CT molecular complexity index is 690. The number of anilines is 1. The van der Waals surface area contributed by atoms with E-state index in [1.807, 2.05) is 0 Å². The Morgan fingerprint density at radius 1 is 1.26 bits per heavy atom. The first-order chi connectivity index (χ1) is 10.6. The van der Waals surface area contributed by atoms with Crippen LogP contribution in [0.15, 0.2) is 30.7 Å². The van der Waals surface area contributed by atoms with E-state index in [2.05, 4.69) is 15.4 Å². The molecule has 6 nitrogen and oxygen atoms in total. The van der Waals surface area contributed by atoms with Gasteiger partial charge in [0.25, 0.3) is 0 Å². The second-order valence-corrected chi connectivity index (χ2v) is 5.65. The summed E-state index contributed by atoms with van der Waals surface area (Å²) in [6, 6.07) is 2.91. The van der Waals surface area contributed by atoms with Gasteiger partial charge in [-0.15, -0.1) is 0 Å². The van der Waals surface area contributed by atoms with Crippen LogP contribution in [0.4, 0.5) is 23.7 Å². The third-order valence-electron chi connectivity index (χ3n) is 2.56. The fourth-order valence-corrected chi connectivity index (χ4v) is 1.80. The Hall–Kier alpha value is -2.58. The molecule has 0 saturated heterocycles. The fourth-order valence-electron chi connectivity index (χ4n) is 1.80. The largest absolute Gasteiger partial charge is 0.444 e. The van der Waals surface area contributed by atoms with Crippen LogP contribution in [0.3, 0.4) is 0 Å². The summed E-state index contributed by atoms with van der Waals surface area (Å²) in [6.07, 6.45) is -2.13. The molecule has 0 aliphatic carbocycles. The lowest BCUT2D eigenvalue weighted by Crippen LogP contribution is -2.28. The summed E-state index contributed by atoms with van der Waals surface area (Å²) in [6.45, 7) is 4.82. The van der Waals surface area contributed by atoms with Crippen LogP contribution in [0.1, 0.15) is 26.5 Å². The van der Waals surface area contributed by atoms with E-state index < -0.39 is 29.3 Å². The van der Waals surface area contributed by atoms with E-state index in [4.69, 9.17) is 4.74 Å². The first-order valence-corrected chi connectivity index (χ1v) is 6.63. The first kappa shape index (κ1) is 16.8. The van der Waals surface area contributed by atoms with E-state index in [-0.39, 0.29) is 5.69 Å². The highest BCUT2D eigenvalue weighted by Gasteiger charge is 2.39. The summed E-state index contributed by atoms with van der Waals surface area (Å²) in [5.74, 6) is 0. The molecule has 0 spiro atoms. The Balaban J connectivity index is 2.38. The number of hydrogen-bond acceptors (Lipinski definition) is 4. The van der Waals surface area contributed by atoms with Crippen LogP contribution in [-0.4, -0.2) is 26.5 Å². The minimum absolute atomic E-state index is 0.122. The monoisotopic (exact) mass is 328 g/mol. The number of halogens is 3. The van der Waals surface area contributed by atoms with Crippen molar-refractivity contribution in [2.75, 3.05) is 5.32 Å². The number of amides is 1. The number of rotatable bonds is 2. The van der Waals surface area contributed by atoms with Crippen molar-refractivity contribution >= 4 is 11.8 Å². The zero-order valence-electron chi connectivity index (χ0n) is 12.7. The summed E-state index contributed by atoms with van der Waals surface area (Å²) < 4.78 is 45.7. The van der Waals surface area contributed by atoms with E-state index >= 15 is 0 Å². The number of aromatic nitrogens is 3. The minimum Gasteiger partial charge on any atom is -0.444 e. The average Bonchev–Trinajstić information content (AvgIpc) is 2.81. The van der Waals surface area contributed by atoms with Gasteiger partial charge in [-0.25, -0.2) is 9.48 Å². The number of ether oxygens (including phenoxy) is 1. The maximum atomic E-state index is 13.3. The molecule has 2 aromatic rings. The Morgan fingerprint density at radius 2 is 1.96 bits per heavy atom. The van der Waals surface area contributed by atoms with Crippen LogP contribution in [0.5, 0.6) is 0 Å². The zero-order valence-corrected chi connectivity index (χ0v) is 12.7. The molecular formula is C14H15F3N4O2. The third kappa shape index (κ3) is 4.21. The summed E-state index contributed by atoms with van der Waals surface area (Å²) in [5, 5.41) is 5.77. The van der Waals surface area contributed by atoms with Gasteiger partial charge < -0.3 is 4.74 Å². The van der Waals surface area contributed by atoms with Crippen molar-refractivity contribution in [2.45, 2.75) is 32.5 Å². The lowest BCUT2D eigenvalue weighted by Gasteiger charge is -2.20. The van der Waals surface area contributed by atoms with Gasteiger partial charge in [0.1, 0.15) is 5.60 Å². The molecule has 1 N–H and O–H groups in total. The molecule has 1 amide bonds. The first-order valence-electron chi connectivity index (χ1n) is 6.63. The van der Waals surface area contributed by atoms with Crippen molar-refractivity contribution in [1.82, 2.24) is 14.8 Å². The van der Waals surface area contributed by atoms with Gasteiger partial charge in [0.2, 0.25) is 0 Å². The third-order valence-corrected chi connectivity index (χ3v) is 2.56. The van der Waals surface area contributed by atoms with Crippen molar-refractivity contribution in [2.24, 2.45) is 0 Å². The van der Waals surface area contributed by atoms with Gasteiger partial charge in [-0.05, 0) is 32.9 Å². The Labute approximate surface area is 130 Å². The van der Waals surface area contributed by atoms with Gasteiger partial charge in [0.05, 0.1) is 23.8 Å². The van der Waals surface area contributed by atoms with Crippen molar-refractivity contribution in [3.05, 3.63) is 36.4 Å². The van der Waals surface area contributed by atoms with E-state index in [0.717, 1.165) is 6.20 Å². The van der Waals surface area contributed by atoms with Crippen molar-refractivity contribution in [1.29, 1.82) is 0 Å². The van der Waals surface area contributed by atoms with Crippen LogP contribution < -0.4 is 5.32 Å². The zero-order chi connectivity index (χ0) is 17.3. The standard InChI is InChI=1S/C14H15F3N4O2/c1-13(2,3)23-12(22)20-10-8-19-21(11(10)14(15,16)17)9-5-4-6-18-7-9/h4-8H,1-3H3,(H,20,22). The number of carbonyl (C=O) groups is 1. The lowest BCUT2D eigenvalue weighted by atomic mass is 10.2. The highest BCUT2D eigenvalue weighted by Crippen LogP contribution is 2.36. The molecule has 23 heavy (non-hydrogen) atoms. The van der Waals surface area contributed by atoms with E-state index in [9.17, 15) is 18.0 Å². The molecule has 2 rings (SSSR count). The fraction of sp³-hybridized carbons (Fsp3) is 0.357. The van der Waals surface area contributed by atoms with Crippen LogP contribution in [0, 0.1) is 0 Å². The minimum atomic E-state index is -4.73. The molecule has 0 aliphatic heterocycles. The molecule has 0 radical (unpaired) electrons. The van der Waals surface area contributed by atoms with Gasteiger partial charge in [-0.3, -0.25) is 10.3 Å². The molecule has 0 fully saturated rings. The van der Waals surface area contributed by atoms with E-state index in [1.165, 1.54) is 24.5 Å². The molecule has 0 bridgehead atoms. The SMILES string of the molecule is CC(C)(C)OC(=O)Nc1cnn(-c2cccnc2)c1C(F)(F)F. The summed E-state index contributed by atoms with van der Waals surface area (Å²) >= 11 is 0. The normalized spacial score (nSPS) is 12.1. The molecule has 0 unspecified atom stereocenters. The van der Waals surface area contributed by atoms with Crippen molar-refractivity contribution in [3.63, 3.8) is 0 Å². The number of alkyl halides is 3. The molecular weight excluding hydrogens is 313 g/mol. The van der Waals surface area contributed by atoms with Gasteiger partial charge in [0, 0.05) is 6.20 Å². The number of nitrogens with one attached hydrogen (secondary N) is 1. The number of hydrogen-bond donors (Lipinski definition) is 1. The molecule has 2 aromatic heterocycles. The molecule has 0 saturated carbocycles. The van der Waals surface area contributed by atoms with Gasteiger partial charge in [-0.1, -0.05) is 0 Å². The maximum Gasteiger partial charge on any atom is 0.435 e. The lowest BCUT2D eigenvalue weighted by molar-refractivity contribution is -0.142. The second kappa shape index (κ2) is 5.90. The van der Waals surface area contributed by atoms with Crippen molar-refractivity contribution < 1.29 is 22.7 Å². The second-order valence-electron chi connectivity index (χ2n) is 5.65. The maximum absolute atomic E-state index is 13.3. The molecule has 0 aromatic carbocycles. The van der Waals surface area contributed by atoms with Crippen LogP contribution >= 0.6 is 0 Å². The molecule has 9 heteroatoms. The Kier molecular flexibility index (Phi) is 4.31. The van der Waals surface area contributed by atoms with Gasteiger partial charge in [0.15, 0.2) is 5.69 Å². The predicted octanol–water partition coefficient (Wildman–Crippen LogP) is 3.63. The van der Waals surface area contributed by atoms with Crippen molar-refractivity contribution in [3.8, 4) is 5.69 Å². The highest BCUT2D eigenvalue weighted by atomic mass is 19.4. The van der Waals surface area contributed by atoms with E-state index in [0.29, 0.717) is 4.68 Å². The molecule has 2 heterocycles. The smallest absolute Gasteiger partial charge is 0.435 e. The van der Waals surface area contributed by atoms with Gasteiger partial charge >= 0.3 is 12.3 Å². The quantitative estimate of drug-likeness (QED) is 0.914. The van der Waals surface area contributed by atoms with Crippen LogP contribution in [0.25, 0.3) is 5.69 Å². The summed E-state index contributed by atoms with van der Waals surface area (Å²) in [7, 11) is 0. The van der Waals surface area contributed by atoms with Gasteiger partial charge in [-0.2, -0.15) is 18.3 Å². The number of carbonyl (C=O) groups excluding carboxylic acids is 1. The number of nitrogens with zero attached hydrogens (tertiary/aromatic N) is 3. The van der Waals surface area contributed by atoms with Crippen LogP contribution in [0.2, 0.25) is 0 Å². The summed E-state index contributed by atoms with van der Waals surface area (Å²) in [5.41, 5.74) is -2.31. The van der Waals surface area contributed by atoms with Crippen LogP contribution in [-0.2, 0) is 10.9 Å². The molecule has 0 aliphatic rings. The predicted molar refractivity (Wildman–Crippen MR) is 76.2 cm³/mol. The summed E-state index contributed by atoms with van der Waals surface area (Å²) in [4.78, 5) is 15.5. The number of pyridine rings is 1. The topological polar surface area (TPSA) is 69.0 Å². The molecule has 124 valence electrons. The van der Waals surface area contributed by atoms with E-state index in [1.54, 1.807) is 20.8 Å². The Morgan fingerprint density at radius 3 is 2.48 bits per heavy atom. The molecule has 0 atom stereocenters. The average molecular weight is 328 g/mol. The highest BCUT2D eigenvalue weighted by molar-refractivity contribution is 5.85.